The molecule has 0 saturated carbocycles. The van der Waals surface area contributed by atoms with Crippen molar-refractivity contribution in [3.8, 4) is 6.07 Å². The molecule has 10 heteroatoms. The van der Waals surface area contributed by atoms with Crippen molar-refractivity contribution in [3.63, 3.8) is 0 Å². The molecular weight excluding hydrogens is 483 g/mol. The second kappa shape index (κ2) is 9.68. The van der Waals surface area contributed by atoms with Crippen LogP contribution in [0.25, 0.3) is 10.9 Å². The number of nitrogens with one attached hydrogen (secondary N) is 5. The second-order valence-corrected chi connectivity index (χ2v) is 8.74. The Kier molecular flexibility index (Phi) is 6.29. The van der Waals surface area contributed by atoms with Gasteiger partial charge in [0.15, 0.2) is 0 Å². The highest BCUT2D eigenvalue weighted by molar-refractivity contribution is 6.36. The number of hydrogen-bond donors (Lipinski definition) is 5. The molecule has 2 aromatic heterocycles. The highest BCUT2D eigenvalue weighted by Crippen LogP contribution is 2.37. The Balaban J connectivity index is 1.61. The first-order chi connectivity index (χ1) is 17.0. The summed E-state index contributed by atoms with van der Waals surface area (Å²) in [7, 11) is 0. The Bertz CT molecular complexity index is 1500. The third-order valence-electron chi connectivity index (χ3n) is 5.63. The van der Waals surface area contributed by atoms with Gasteiger partial charge in [0.05, 0.1) is 33.5 Å². The number of rotatable bonds is 6. The zero-order valence-electron chi connectivity index (χ0n) is 18.5. The lowest BCUT2D eigenvalue weighted by molar-refractivity contribution is 0.582. The molecule has 0 aliphatic carbocycles. The van der Waals surface area contributed by atoms with Gasteiger partial charge in [-0.05, 0) is 43.3 Å². The largest absolute Gasteiger partial charge is 0.373 e. The maximum atomic E-state index is 9.78. The maximum absolute atomic E-state index is 9.78. The van der Waals surface area contributed by atoms with Crippen molar-refractivity contribution >= 4 is 51.2 Å². The first-order valence-electron chi connectivity index (χ1n) is 10.7. The van der Waals surface area contributed by atoms with Gasteiger partial charge in [0.25, 0.3) is 0 Å². The fourth-order valence-corrected chi connectivity index (χ4v) is 4.44. The van der Waals surface area contributed by atoms with Crippen molar-refractivity contribution in [3.05, 3.63) is 99.7 Å². The van der Waals surface area contributed by atoms with Crippen LogP contribution in [-0.4, -0.2) is 9.97 Å². The molecule has 1 aliphatic heterocycles. The molecule has 3 heterocycles. The van der Waals surface area contributed by atoms with Gasteiger partial charge in [-0.2, -0.15) is 10.8 Å². The van der Waals surface area contributed by atoms with Crippen molar-refractivity contribution in [1.29, 1.82) is 5.26 Å². The Morgan fingerprint density at radius 3 is 2.69 bits per heavy atom. The van der Waals surface area contributed by atoms with Crippen LogP contribution >= 0.6 is 23.2 Å². The number of hydrazine groups is 2. The average Bonchev–Trinajstić information content (AvgIpc) is 3.38. The first kappa shape index (κ1) is 22.7. The molecule has 5 N–H and O–H groups in total. The molecule has 0 amide bonds. The summed E-state index contributed by atoms with van der Waals surface area (Å²) in [6.45, 7) is 1.96. The summed E-state index contributed by atoms with van der Waals surface area (Å²) in [4.78, 5) is 8.88. The number of aromatic nitrogens is 2. The second-order valence-electron chi connectivity index (χ2n) is 7.90. The van der Waals surface area contributed by atoms with Crippen LogP contribution in [0.1, 0.15) is 22.9 Å². The van der Waals surface area contributed by atoms with Crippen molar-refractivity contribution in [2.75, 3.05) is 10.6 Å². The van der Waals surface area contributed by atoms with Crippen molar-refractivity contribution < 1.29 is 0 Å². The van der Waals surface area contributed by atoms with Crippen molar-refractivity contribution in [2.45, 2.75) is 13.0 Å². The molecule has 5 rings (SSSR count). The van der Waals surface area contributed by atoms with Gasteiger partial charge < -0.3 is 21.5 Å². The molecule has 4 aromatic rings. The molecule has 0 spiro atoms. The summed E-state index contributed by atoms with van der Waals surface area (Å²) in [5.41, 5.74) is 14.8. The monoisotopic (exact) mass is 502 g/mol. The molecule has 0 fully saturated rings. The van der Waals surface area contributed by atoms with Crippen LogP contribution in [0.15, 0.2) is 72.8 Å². The van der Waals surface area contributed by atoms with Crippen LogP contribution in [0.2, 0.25) is 10.0 Å². The van der Waals surface area contributed by atoms with Gasteiger partial charge in [-0.1, -0.05) is 35.3 Å². The number of halogens is 2. The van der Waals surface area contributed by atoms with E-state index < -0.39 is 0 Å². The third-order valence-corrected chi connectivity index (χ3v) is 6.15. The van der Waals surface area contributed by atoms with Gasteiger partial charge in [0, 0.05) is 51.6 Å². The van der Waals surface area contributed by atoms with E-state index >= 15 is 0 Å². The number of pyridine rings is 2. The molecule has 0 radical (unpaired) electrons. The topological polar surface area (TPSA) is 110 Å². The van der Waals surface area contributed by atoms with Gasteiger partial charge in [-0.15, -0.1) is 0 Å². The highest BCUT2D eigenvalue weighted by Gasteiger charge is 2.22. The molecule has 1 aliphatic rings. The van der Waals surface area contributed by atoms with Gasteiger partial charge in [0.1, 0.15) is 6.07 Å². The number of hydrogen-bond acceptors (Lipinski definition) is 8. The van der Waals surface area contributed by atoms with E-state index in [4.69, 9.17) is 23.2 Å². The fourth-order valence-electron chi connectivity index (χ4n) is 3.98. The lowest BCUT2D eigenvalue weighted by Crippen LogP contribution is -2.34. The van der Waals surface area contributed by atoms with Gasteiger partial charge in [-0.3, -0.25) is 9.97 Å². The number of nitriles is 1. The van der Waals surface area contributed by atoms with Crippen LogP contribution in [0, 0.1) is 18.3 Å². The minimum atomic E-state index is -0.254. The summed E-state index contributed by atoms with van der Waals surface area (Å²) in [5.74, 6) is 0. The molecule has 2 aromatic carbocycles. The summed E-state index contributed by atoms with van der Waals surface area (Å²) >= 11 is 12.8. The van der Waals surface area contributed by atoms with Gasteiger partial charge >= 0.3 is 0 Å². The summed E-state index contributed by atoms with van der Waals surface area (Å²) in [6.07, 6.45) is 5.12. The number of nitrogens with zero attached hydrogens (tertiary/aromatic N) is 3. The SMILES string of the molecule is Cc1ncccc1[C@H](Nc1cc(Cl)c2ncc(C#N)c(Nc3cccc(Cl)c3)c2c1)C1=CNNN1. The van der Waals surface area contributed by atoms with E-state index in [1.807, 2.05) is 49.5 Å². The van der Waals surface area contributed by atoms with E-state index in [9.17, 15) is 5.26 Å². The van der Waals surface area contributed by atoms with Crippen LogP contribution in [0.5, 0.6) is 0 Å². The van der Waals surface area contributed by atoms with Crippen LogP contribution < -0.4 is 27.0 Å². The van der Waals surface area contributed by atoms with Crippen molar-refractivity contribution in [2.24, 2.45) is 0 Å². The Hall–Kier alpha value is -4.03. The average molecular weight is 503 g/mol. The minimum absolute atomic E-state index is 0.254. The van der Waals surface area contributed by atoms with Crippen molar-refractivity contribution in [1.82, 2.24) is 26.4 Å². The summed E-state index contributed by atoms with van der Waals surface area (Å²) < 4.78 is 0. The first-order valence-corrected chi connectivity index (χ1v) is 11.5. The fraction of sp³-hybridized carbons (Fsp3) is 0.0800. The predicted molar refractivity (Wildman–Crippen MR) is 139 cm³/mol. The maximum Gasteiger partial charge on any atom is 0.103 e. The number of fused-ring (bicyclic) bond motifs is 1. The lowest BCUT2D eigenvalue weighted by atomic mass is 10.0. The normalized spacial score (nSPS) is 13.4. The van der Waals surface area contributed by atoms with Gasteiger partial charge in [-0.25, -0.2) is 0 Å². The van der Waals surface area contributed by atoms with E-state index in [1.165, 1.54) is 6.20 Å². The lowest BCUT2D eigenvalue weighted by Gasteiger charge is -2.23. The Morgan fingerprint density at radius 2 is 1.94 bits per heavy atom. The highest BCUT2D eigenvalue weighted by atomic mass is 35.5. The number of aryl methyl sites for hydroxylation is 1. The predicted octanol–water partition coefficient (Wildman–Crippen LogP) is 5.47. The molecule has 0 saturated heterocycles. The van der Waals surface area contributed by atoms with Gasteiger partial charge in [0.2, 0.25) is 0 Å². The van der Waals surface area contributed by atoms with Crippen LogP contribution in [0.4, 0.5) is 17.1 Å². The standard InChI is InChI=1S/C25H20Cl2N8/c1-14-19(6-3-7-29-14)25(22-13-31-35-34-22)33-18-9-20-23(32-17-5-2-4-16(26)8-17)15(11-28)12-30-24(20)21(27)10-18/h2-10,12-13,25,31,33-35H,1H3,(H,30,32)/t25-/m0/s1. The molecule has 0 unspecified atom stereocenters. The van der Waals surface area contributed by atoms with E-state index in [2.05, 4.69) is 43.1 Å². The molecule has 1 atom stereocenters. The van der Waals surface area contributed by atoms with E-state index in [0.717, 1.165) is 28.3 Å². The molecular formula is C25H20Cl2N8. The van der Waals surface area contributed by atoms with E-state index in [1.54, 1.807) is 18.3 Å². The minimum Gasteiger partial charge on any atom is -0.373 e. The van der Waals surface area contributed by atoms with Crippen LogP contribution in [0.3, 0.4) is 0 Å². The van der Waals surface area contributed by atoms with E-state index in [0.29, 0.717) is 32.2 Å². The zero-order valence-corrected chi connectivity index (χ0v) is 20.0. The summed E-state index contributed by atoms with van der Waals surface area (Å²) in [6, 6.07) is 16.9. The Labute approximate surface area is 211 Å². The third kappa shape index (κ3) is 4.66. The molecule has 0 bridgehead atoms. The molecule has 174 valence electrons. The quantitative estimate of drug-likeness (QED) is 0.236. The smallest absolute Gasteiger partial charge is 0.103 e. The Morgan fingerprint density at radius 1 is 1.06 bits per heavy atom. The number of benzene rings is 2. The molecule has 35 heavy (non-hydrogen) atoms. The van der Waals surface area contributed by atoms with E-state index in [-0.39, 0.29) is 6.04 Å². The summed E-state index contributed by atoms with van der Waals surface area (Å²) in [5, 5.41) is 18.4. The van der Waals surface area contributed by atoms with Crippen LogP contribution in [-0.2, 0) is 0 Å². The zero-order chi connectivity index (χ0) is 24.4. The number of anilines is 3. The molecule has 8 nitrogen and oxygen atoms in total.